The highest BCUT2D eigenvalue weighted by molar-refractivity contribution is 5.72. The number of nitrogens with zero attached hydrogens (tertiary/aromatic N) is 6. The van der Waals surface area contributed by atoms with Crippen LogP contribution in [0.15, 0.2) is 61.1 Å². The normalized spacial score (nSPS) is 20.5. The molecule has 2 fully saturated rings. The van der Waals surface area contributed by atoms with Crippen molar-refractivity contribution in [2.45, 2.75) is 31.5 Å². The fraction of sp³-hybridized carbons (Fsp3) is 0.269. The second kappa shape index (κ2) is 7.06. The monoisotopic (exact) mass is 433 g/mol. The average Bonchev–Trinajstić information content (AvgIpc) is 3.62. The molecule has 162 valence electrons. The summed E-state index contributed by atoms with van der Waals surface area (Å²) in [6, 6.07) is 20.2. The van der Waals surface area contributed by atoms with Crippen molar-refractivity contribution in [1.29, 1.82) is 5.26 Å². The van der Waals surface area contributed by atoms with Crippen molar-refractivity contribution in [1.82, 2.24) is 24.6 Å². The summed E-state index contributed by atoms with van der Waals surface area (Å²) in [7, 11) is 0. The Hall–Kier alpha value is -3.89. The van der Waals surface area contributed by atoms with Crippen LogP contribution in [0, 0.1) is 11.3 Å². The van der Waals surface area contributed by atoms with Crippen molar-refractivity contribution >= 4 is 5.69 Å². The van der Waals surface area contributed by atoms with Crippen LogP contribution < -0.4 is 10.2 Å². The molecule has 7 nitrogen and oxygen atoms in total. The number of hydrogen-bond donors (Lipinski definition) is 1. The number of nitriles is 1. The van der Waals surface area contributed by atoms with Crippen LogP contribution in [0.5, 0.6) is 0 Å². The summed E-state index contributed by atoms with van der Waals surface area (Å²) in [6.07, 6.45) is 6.43. The predicted octanol–water partition coefficient (Wildman–Crippen LogP) is 3.58. The largest absolute Gasteiger partial charge is 0.367 e. The van der Waals surface area contributed by atoms with Crippen LogP contribution in [0.2, 0.25) is 0 Å². The van der Waals surface area contributed by atoms with Gasteiger partial charge < -0.3 is 14.8 Å². The minimum absolute atomic E-state index is 0.601. The molecule has 2 aromatic carbocycles. The summed E-state index contributed by atoms with van der Waals surface area (Å²) >= 11 is 0. The fourth-order valence-corrected chi connectivity index (χ4v) is 5.79. The molecule has 3 aliphatic rings. The highest BCUT2D eigenvalue weighted by atomic mass is 15.3. The summed E-state index contributed by atoms with van der Waals surface area (Å²) in [6.45, 7) is 3.00. The minimum Gasteiger partial charge on any atom is -0.367 e. The van der Waals surface area contributed by atoms with E-state index in [-0.39, 0.29) is 0 Å². The summed E-state index contributed by atoms with van der Waals surface area (Å²) in [5.41, 5.74) is 7.64. The van der Waals surface area contributed by atoms with Crippen LogP contribution >= 0.6 is 0 Å². The first-order valence-corrected chi connectivity index (χ1v) is 11.5. The van der Waals surface area contributed by atoms with Gasteiger partial charge in [0.1, 0.15) is 6.33 Å². The molecule has 1 unspecified atom stereocenters. The van der Waals surface area contributed by atoms with Crippen molar-refractivity contribution in [3.63, 3.8) is 0 Å². The van der Waals surface area contributed by atoms with Crippen molar-refractivity contribution in [2.75, 3.05) is 18.0 Å². The van der Waals surface area contributed by atoms with E-state index in [9.17, 15) is 0 Å². The van der Waals surface area contributed by atoms with E-state index in [0.717, 1.165) is 48.0 Å². The van der Waals surface area contributed by atoms with Crippen LogP contribution in [-0.2, 0) is 6.54 Å². The van der Waals surface area contributed by atoms with Crippen LogP contribution in [0.25, 0.3) is 28.3 Å². The molecule has 2 saturated heterocycles. The predicted molar refractivity (Wildman–Crippen MR) is 126 cm³/mol. The number of fused-ring (bicyclic) bond motifs is 6. The molecule has 7 heteroatoms. The molecule has 2 aromatic heterocycles. The molecule has 3 aliphatic heterocycles. The SMILES string of the molecule is N#Cc1ccc(-c2cc3n(c2)Cc2cc(N4CC[C@H]5NCCC54)ccc2-n2cnnc2-3)cc1. The smallest absolute Gasteiger partial charge is 0.185 e. The average molecular weight is 434 g/mol. The van der Waals surface area contributed by atoms with E-state index in [1.807, 2.05) is 30.6 Å². The minimum atomic E-state index is 0.601. The Morgan fingerprint density at radius 3 is 2.82 bits per heavy atom. The molecule has 7 rings (SSSR count). The number of nitrogens with one attached hydrogen (secondary N) is 1. The third-order valence-electron chi connectivity index (χ3n) is 7.41. The zero-order valence-electron chi connectivity index (χ0n) is 18.1. The lowest BCUT2D eigenvalue weighted by molar-refractivity contribution is 0.601. The molecule has 33 heavy (non-hydrogen) atoms. The van der Waals surface area contributed by atoms with Crippen LogP contribution in [0.1, 0.15) is 24.0 Å². The van der Waals surface area contributed by atoms with Gasteiger partial charge in [-0.25, -0.2) is 0 Å². The molecule has 0 radical (unpaired) electrons. The van der Waals surface area contributed by atoms with Gasteiger partial charge in [0.2, 0.25) is 0 Å². The Labute approximate surface area is 191 Å². The first kappa shape index (κ1) is 18.7. The van der Waals surface area contributed by atoms with Crippen molar-refractivity contribution in [3.05, 3.63) is 72.2 Å². The number of anilines is 1. The van der Waals surface area contributed by atoms with Gasteiger partial charge >= 0.3 is 0 Å². The van der Waals surface area contributed by atoms with E-state index < -0.39 is 0 Å². The Morgan fingerprint density at radius 1 is 1.03 bits per heavy atom. The van der Waals surface area contributed by atoms with Gasteiger partial charge in [0.05, 0.1) is 23.0 Å². The maximum absolute atomic E-state index is 9.11. The van der Waals surface area contributed by atoms with Gasteiger partial charge in [-0.2, -0.15) is 5.26 Å². The van der Waals surface area contributed by atoms with Gasteiger partial charge in [0, 0.05) is 42.6 Å². The molecule has 0 amide bonds. The molecule has 0 bridgehead atoms. The Morgan fingerprint density at radius 2 is 1.94 bits per heavy atom. The van der Waals surface area contributed by atoms with E-state index in [1.165, 1.54) is 24.1 Å². The van der Waals surface area contributed by atoms with Crippen molar-refractivity contribution < 1.29 is 0 Å². The number of aromatic nitrogens is 4. The lowest BCUT2D eigenvalue weighted by Crippen LogP contribution is -2.34. The summed E-state index contributed by atoms with van der Waals surface area (Å²) in [5, 5.41) is 21.5. The number of rotatable bonds is 2. The van der Waals surface area contributed by atoms with Crippen molar-refractivity contribution in [2.24, 2.45) is 0 Å². The summed E-state index contributed by atoms with van der Waals surface area (Å²) in [4.78, 5) is 2.58. The zero-order chi connectivity index (χ0) is 21.9. The highest BCUT2D eigenvalue weighted by Crippen LogP contribution is 2.37. The second-order valence-corrected chi connectivity index (χ2v) is 9.17. The topological polar surface area (TPSA) is 74.7 Å². The first-order chi connectivity index (χ1) is 16.3. The first-order valence-electron chi connectivity index (χ1n) is 11.5. The third-order valence-corrected chi connectivity index (χ3v) is 7.41. The second-order valence-electron chi connectivity index (χ2n) is 9.17. The van der Waals surface area contributed by atoms with Crippen molar-refractivity contribution in [3.8, 4) is 34.4 Å². The van der Waals surface area contributed by atoms with Gasteiger partial charge in [-0.15, -0.1) is 10.2 Å². The number of benzene rings is 2. The van der Waals surface area contributed by atoms with E-state index in [2.05, 4.69) is 66.1 Å². The standard InChI is InChI=1S/C26H23N7/c27-13-17-1-3-18(4-2-17)19-12-25-26-30-29-16-33(26)23-6-5-21(11-20(23)15-31(25)14-19)32-10-8-22-24(32)7-9-28-22/h1-6,11-12,14,16,22,24,28H,7-10,15H2/t22-,24?/m1/s1. The molecule has 0 aliphatic carbocycles. The fourth-order valence-electron chi connectivity index (χ4n) is 5.79. The third kappa shape index (κ3) is 2.84. The van der Waals surface area contributed by atoms with Gasteiger partial charge in [0.25, 0.3) is 0 Å². The maximum atomic E-state index is 9.11. The van der Waals surface area contributed by atoms with E-state index >= 15 is 0 Å². The van der Waals surface area contributed by atoms with Crippen LogP contribution in [0.4, 0.5) is 5.69 Å². The van der Waals surface area contributed by atoms with Gasteiger partial charge in [-0.1, -0.05) is 12.1 Å². The number of hydrogen-bond acceptors (Lipinski definition) is 5. The van der Waals surface area contributed by atoms with Gasteiger partial charge in [-0.05, 0) is 66.9 Å². The van der Waals surface area contributed by atoms with Crippen LogP contribution in [-0.4, -0.2) is 44.5 Å². The van der Waals surface area contributed by atoms with Gasteiger partial charge in [0.15, 0.2) is 5.82 Å². The molecule has 0 saturated carbocycles. The molecule has 2 atom stereocenters. The summed E-state index contributed by atoms with van der Waals surface area (Å²) in [5.74, 6) is 0.850. The molecule has 1 N–H and O–H groups in total. The Balaban J connectivity index is 1.31. The zero-order valence-corrected chi connectivity index (χ0v) is 18.1. The van der Waals surface area contributed by atoms with E-state index in [1.54, 1.807) is 0 Å². The Kier molecular flexibility index (Phi) is 3.99. The maximum Gasteiger partial charge on any atom is 0.185 e. The van der Waals surface area contributed by atoms with E-state index in [0.29, 0.717) is 17.6 Å². The van der Waals surface area contributed by atoms with Crippen LogP contribution in [0.3, 0.4) is 0 Å². The molecular weight excluding hydrogens is 410 g/mol. The lowest BCUT2D eigenvalue weighted by Gasteiger charge is -2.26. The molecule has 4 aromatic rings. The van der Waals surface area contributed by atoms with E-state index in [4.69, 9.17) is 5.26 Å². The Bertz CT molecular complexity index is 1410. The molecule has 0 spiro atoms. The molecule has 5 heterocycles. The summed E-state index contributed by atoms with van der Waals surface area (Å²) < 4.78 is 4.37. The molecular formula is C26H23N7. The lowest BCUT2D eigenvalue weighted by atomic mass is 10.1. The highest BCUT2D eigenvalue weighted by Gasteiger charge is 2.37. The van der Waals surface area contributed by atoms with Gasteiger partial charge in [-0.3, -0.25) is 4.57 Å². The quantitative estimate of drug-likeness (QED) is 0.461.